The van der Waals surface area contributed by atoms with Crippen LogP contribution in [-0.4, -0.2) is 12.7 Å². The molecule has 4 heteroatoms. The molecule has 0 aliphatic heterocycles. The van der Waals surface area contributed by atoms with Gasteiger partial charge in [-0.1, -0.05) is 6.92 Å². The van der Waals surface area contributed by atoms with Crippen LogP contribution in [0, 0.1) is 34.6 Å². The summed E-state index contributed by atoms with van der Waals surface area (Å²) in [6.45, 7) is 12.2. The maximum atomic E-state index is 12.8. The summed E-state index contributed by atoms with van der Waals surface area (Å²) in [6.07, 6.45) is -5.00. The lowest BCUT2D eigenvalue weighted by Gasteiger charge is -2.27. The Labute approximate surface area is 119 Å². The van der Waals surface area contributed by atoms with Crippen LogP contribution in [0.4, 0.5) is 13.2 Å². The summed E-state index contributed by atoms with van der Waals surface area (Å²) in [6, 6.07) is -0.669. The highest BCUT2D eigenvalue weighted by Crippen LogP contribution is 2.36. The topological polar surface area (TPSA) is 12.0 Å². The Kier molecular flexibility index (Phi) is 5.25. The van der Waals surface area contributed by atoms with Gasteiger partial charge in [0.15, 0.2) is 0 Å². The number of rotatable bonds is 4. The van der Waals surface area contributed by atoms with Crippen LogP contribution in [-0.2, 0) is 0 Å². The molecule has 0 saturated carbocycles. The third-order valence-electron chi connectivity index (χ3n) is 4.29. The molecule has 1 aromatic carbocycles. The summed E-state index contributed by atoms with van der Waals surface area (Å²) in [5, 5.41) is 2.99. The maximum Gasteiger partial charge on any atom is 0.390 e. The van der Waals surface area contributed by atoms with Crippen LogP contribution in [0.2, 0.25) is 0 Å². The van der Waals surface area contributed by atoms with Crippen molar-refractivity contribution in [2.45, 2.75) is 60.2 Å². The van der Waals surface area contributed by atoms with Gasteiger partial charge in [-0.2, -0.15) is 13.2 Å². The summed E-state index contributed by atoms with van der Waals surface area (Å²) < 4.78 is 38.5. The van der Waals surface area contributed by atoms with Gasteiger partial charge < -0.3 is 5.32 Å². The molecule has 0 radical (unpaired) electrons. The van der Waals surface area contributed by atoms with E-state index < -0.39 is 18.6 Å². The Morgan fingerprint density at radius 2 is 1.25 bits per heavy atom. The molecular formula is C16H24F3N. The fourth-order valence-electron chi connectivity index (χ4n) is 2.81. The SMILES string of the molecule is CCNC(CC(F)(F)F)c1c(C)c(C)c(C)c(C)c1C. The van der Waals surface area contributed by atoms with Gasteiger partial charge in [0, 0.05) is 6.04 Å². The molecule has 1 rings (SSSR count). The first-order valence-corrected chi connectivity index (χ1v) is 6.97. The van der Waals surface area contributed by atoms with Crippen molar-refractivity contribution in [3.8, 4) is 0 Å². The van der Waals surface area contributed by atoms with E-state index in [1.165, 1.54) is 5.56 Å². The number of halogens is 3. The van der Waals surface area contributed by atoms with Crippen LogP contribution in [0.3, 0.4) is 0 Å². The summed E-state index contributed by atoms with van der Waals surface area (Å²) >= 11 is 0. The van der Waals surface area contributed by atoms with Gasteiger partial charge in [-0.3, -0.25) is 0 Å². The van der Waals surface area contributed by atoms with E-state index in [0.717, 1.165) is 27.8 Å². The minimum atomic E-state index is -4.17. The van der Waals surface area contributed by atoms with E-state index in [1.807, 2.05) is 41.5 Å². The summed E-state index contributed by atoms with van der Waals surface area (Å²) in [7, 11) is 0. The predicted octanol–water partition coefficient (Wildman–Crippen LogP) is 4.83. The predicted molar refractivity (Wildman–Crippen MR) is 77.2 cm³/mol. The van der Waals surface area contributed by atoms with Crippen LogP contribution in [0.5, 0.6) is 0 Å². The van der Waals surface area contributed by atoms with Crippen molar-refractivity contribution >= 4 is 0 Å². The molecule has 1 nitrogen and oxygen atoms in total. The third-order valence-corrected chi connectivity index (χ3v) is 4.29. The molecule has 0 saturated heterocycles. The molecule has 1 unspecified atom stereocenters. The molecule has 0 aliphatic rings. The Bertz CT molecular complexity index is 460. The standard InChI is InChI=1S/C16H24F3N/c1-7-20-14(8-16(17,18)19)15-12(5)10(3)9(2)11(4)13(15)6/h14,20H,7-8H2,1-6H3. The Balaban J connectivity index is 3.40. The van der Waals surface area contributed by atoms with Crippen molar-refractivity contribution < 1.29 is 13.2 Å². The fraction of sp³-hybridized carbons (Fsp3) is 0.625. The zero-order chi connectivity index (χ0) is 15.7. The second kappa shape index (κ2) is 6.17. The van der Waals surface area contributed by atoms with Crippen molar-refractivity contribution in [2.24, 2.45) is 0 Å². The molecular weight excluding hydrogens is 263 g/mol. The molecule has 1 N–H and O–H groups in total. The second-order valence-corrected chi connectivity index (χ2v) is 5.47. The third kappa shape index (κ3) is 3.54. The number of hydrogen-bond donors (Lipinski definition) is 1. The average molecular weight is 287 g/mol. The van der Waals surface area contributed by atoms with E-state index >= 15 is 0 Å². The molecule has 0 bridgehead atoms. The first-order valence-electron chi connectivity index (χ1n) is 6.97. The largest absolute Gasteiger partial charge is 0.390 e. The van der Waals surface area contributed by atoms with E-state index in [9.17, 15) is 13.2 Å². The smallest absolute Gasteiger partial charge is 0.310 e. The summed E-state index contributed by atoms with van der Waals surface area (Å²) in [5.74, 6) is 0. The lowest BCUT2D eigenvalue weighted by molar-refractivity contribution is -0.140. The molecule has 114 valence electrons. The average Bonchev–Trinajstić information content (AvgIpc) is 2.32. The molecule has 0 fully saturated rings. The van der Waals surface area contributed by atoms with E-state index in [-0.39, 0.29) is 0 Å². The number of alkyl halides is 3. The lowest BCUT2D eigenvalue weighted by atomic mass is 9.85. The Morgan fingerprint density at radius 3 is 1.60 bits per heavy atom. The Hall–Kier alpha value is -1.03. The van der Waals surface area contributed by atoms with E-state index in [1.54, 1.807) is 0 Å². The first-order chi connectivity index (χ1) is 9.10. The van der Waals surface area contributed by atoms with E-state index in [2.05, 4.69) is 5.32 Å². The molecule has 0 heterocycles. The van der Waals surface area contributed by atoms with Crippen LogP contribution >= 0.6 is 0 Å². The van der Waals surface area contributed by atoms with Gasteiger partial charge in [0.1, 0.15) is 0 Å². The van der Waals surface area contributed by atoms with Crippen LogP contribution in [0.25, 0.3) is 0 Å². The van der Waals surface area contributed by atoms with Crippen molar-refractivity contribution in [2.75, 3.05) is 6.54 Å². The van der Waals surface area contributed by atoms with Gasteiger partial charge in [-0.05, 0) is 74.5 Å². The minimum absolute atomic E-state index is 0.519. The van der Waals surface area contributed by atoms with Gasteiger partial charge in [-0.25, -0.2) is 0 Å². The van der Waals surface area contributed by atoms with Crippen molar-refractivity contribution in [3.63, 3.8) is 0 Å². The van der Waals surface area contributed by atoms with Crippen molar-refractivity contribution in [1.29, 1.82) is 0 Å². The zero-order valence-electron chi connectivity index (χ0n) is 13.1. The van der Waals surface area contributed by atoms with Crippen LogP contribution in [0.15, 0.2) is 0 Å². The molecule has 0 aromatic heterocycles. The number of hydrogen-bond acceptors (Lipinski definition) is 1. The van der Waals surface area contributed by atoms with Gasteiger partial charge in [0.05, 0.1) is 6.42 Å². The molecule has 20 heavy (non-hydrogen) atoms. The lowest BCUT2D eigenvalue weighted by Crippen LogP contribution is -2.28. The Morgan fingerprint density at radius 1 is 0.850 bits per heavy atom. The minimum Gasteiger partial charge on any atom is -0.310 e. The summed E-state index contributed by atoms with van der Waals surface area (Å²) in [5.41, 5.74) is 6.11. The quantitative estimate of drug-likeness (QED) is 0.836. The van der Waals surface area contributed by atoms with Gasteiger partial charge >= 0.3 is 6.18 Å². The van der Waals surface area contributed by atoms with Gasteiger partial charge in [0.25, 0.3) is 0 Å². The molecule has 0 amide bonds. The van der Waals surface area contributed by atoms with Crippen molar-refractivity contribution in [1.82, 2.24) is 5.32 Å². The highest BCUT2D eigenvalue weighted by molar-refractivity contribution is 5.50. The van der Waals surface area contributed by atoms with Gasteiger partial charge in [0.2, 0.25) is 0 Å². The molecule has 1 aromatic rings. The first kappa shape index (κ1) is 17.0. The van der Waals surface area contributed by atoms with Gasteiger partial charge in [-0.15, -0.1) is 0 Å². The summed E-state index contributed by atoms with van der Waals surface area (Å²) in [4.78, 5) is 0. The van der Waals surface area contributed by atoms with Crippen LogP contribution in [0.1, 0.15) is 52.8 Å². The highest BCUT2D eigenvalue weighted by atomic mass is 19.4. The van der Waals surface area contributed by atoms with Crippen molar-refractivity contribution in [3.05, 3.63) is 33.4 Å². The highest BCUT2D eigenvalue weighted by Gasteiger charge is 2.34. The maximum absolute atomic E-state index is 12.8. The molecule has 0 spiro atoms. The van der Waals surface area contributed by atoms with Crippen LogP contribution < -0.4 is 5.32 Å². The fourth-order valence-corrected chi connectivity index (χ4v) is 2.81. The number of nitrogens with one attached hydrogen (secondary N) is 1. The molecule has 1 atom stereocenters. The normalized spacial score (nSPS) is 13.7. The number of benzene rings is 1. The van der Waals surface area contributed by atoms with E-state index in [4.69, 9.17) is 0 Å². The zero-order valence-corrected chi connectivity index (χ0v) is 13.1. The van der Waals surface area contributed by atoms with E-state index in [0.29, 0.717) is 6.54 Å². The second-order valence-electron chi connectivity index (χ2n) is 5.47. The monoisotopic (exact) mass is 287 g/mol. The molecule has 0 aliphatic carbocycles.